The zero-order valence-corrected chi connectivity index (χ0v) is 8.35. The molecule has 1 atom stereocenters. The zero-order chi connectivity index (χ0) is 8.53. The summed E-state index contributed by atoms with van der Waals surface area (Å²) in [4.78, 5) is 10.1. The molecule has 0 aliphatic rings. The van der Waals surface area contributed by atoms with Gasteiger partial charge in [-0.3, -0.25) is 0 Å². The molecule has 0 aliphatic carbocycles. The fourth-order valence-corrected chi connectivity index (χ4v) is 1.29. The van der Waals surface area contributed by atoms with Gasteiger partial charge in [0.25, 0.3) is 0 Å². The van der Waals surface area contributed by atoms with E-state index in [9.17, 15) is 4.79 Å². The SMILES string of the molecule is NC(C=O)CCCCCCBr. The lowest BCUT2D eigenvalue weighted by molar-refractivity contribution is -0.109. The van der Waals surface area contributed by atoms with Gasteiger partial charge in [-0.1, -0.05) is 35.2 Å². The molecular weight excluding hydrogens is 206 g/mol. The third kappa shape index (κ3) is 8.01. The number of unbranched alkanes of at least 4 members (excludes halogenated alkanes) is 3. The van der Waals surface area contributed by atoms with Crippen LogP contribution in [0.25, 0.3) is 0 Å². The van der Waals surface area contributed by atoms with Crippen LogP contribution < -0.4 is 5.73 Å². The van der Waals surface area contributed by atoms with Crippen LogP contribution in [0.15, 0.2) is 0 Å². The summed E-state index contributed by atoms with van der Waals surface area (Å²) in [5.41, 5.74) is 5.41. The molecule has 0 fully saturated rings. The van der Waals surface area contributed by atoms with E-state index in [0.717, 1.165) is 24.5 Å². The predicted octanol–water partition coefficient (Wildman–Crippen LogP) is 1.86. The lowest BCUT2D eigenvalue weighted by Gasteiger charge is -2.01. The predicted molar refractivity (Wildman–Crippen MR) is 50.9 cm³/mol. The van der Waals surface area contributed by atoms with E-state index >= 15 is 0 Å². The number of alkyl halides is 1. The fourth-order valence-electron chi connectivity index (χ4n) is 0.896. The number of rotatable bonds is 7. The molecule has 0 aromatic rings. The van der Waals surface area contributed by atoms with E-state index in [1.165, 1.54) is 19.3 Å². The van der Waals surface area contributed by atoms with E-state index < -0.39 is 0 Å². The van der Waals surface area contributed by atoms with Crippen molar-refractivity contribution in [2.45, 2.75) is 38.1 Å². The van der Waals surface area contributed by atoms with Crippen molar-refractivity contribution in [3.05, 3.63) is 0 Å². The Morgan fingerprint density at radius 3 is 2.45 bits per heavy atom. The van der Waals surface area contributed by atoms with Crippen molar-refractivity contribution in [3.8, 4) is 0 Å². The first-order chi connectivity index (χ1) is 5.31. The van der Waals surface area contributed by atoms with Crippen molar-refractivity contribution in [1.82, 2.24) is 0 Å². The molecule has 0 amide bonds. The summed E-state index contributed by atoms with van der Waals surface area (Å²) in [6, 6.07) is -0.237. The summed E-state index contributed by atoms with van der Waals surface area (Å²) in [6.07, 6.45) is 6.38. The molecule has 3 heteroatoms. The van der Waals surface area contributed by atoms with Gasteiger partial charge < -0.3 is 10.5 Å². The van der Waals surface area contributed by atoms with Gasteiger partial charge >= 0.3 is 0 Å². The lowest BCUT2D eigenvalue weighted by atomic mass is 10.1. The number of nitrogens with two attached hydrogens (primary N) is 1. The van der Waals surface area contributed by atoms with Crippen LogP contribution in [-0.4, -0.2) is 17.7 Å². The molecule has 2 N–H and O–H groups in total. The highest BCUT2D eigenvalue weighted by Crippen LogP contribution is 2.04. The minimum Gasteiger partial charge on any atom is -0.322 e. The second-order valence-electron chi connectivity index (χ2n) is 2.69. The molecule has 0 rings (SSSR count). The van der Waals surface area contributed by atoms with E-state index in [-0.39, 0.29) is 6.04 Å². The van der Waals surface area contributed by atoms with Crippen LogP contribution in [0.1, 0.15) is 32.1 Å². The normalized spacial score (nSPS) is 12.9. The smallest absolute Gasteiger partial charge is 0.136 e. The van der Waals surface area contributed by atoms with E-state index in [2.05, 4.69) is 15.9 Å². The van der Waals surface area contributed by atoms with E-state index in [1.807, 2.05) is 0 Å². The Morgan fingerprint density at radius 1 is 1.27 bits per heavy atom. The van der Waals surface area contributed by atoms with Gasteiger partial charge in [0.1, 0.15) is 6.29 Å². The van der Waals surface area contributed by atoms with Gasteiger partial charge in [0.15, 0.2) is 0 Å². The maximum atomic E-state index is 10.1. The standard InChI is InChI=1S/C8H16BrNO/c9-6-4-2-1-3-5-8(10)7-11/h7-8H,1-6,10H2. The molecule has 0 spiro atoms. The van der Waals surface area contributed by atoms with Gasteiger partial charge in [0.2, 0.25) is 0 Å². The van der Waals surface area contributed by atoms with Crippen molar-refractivity contribution in [2.75, 3.05) is 5.33 Å². The minimum absolute atomic E-state index is 0.237. The second kappa shape index (κ2) is 8.21. The highest BCUT2D eigenvalue weighted by Gasteiger charge is 1.97. The van der Waals surface area contributed by atoms with Gasteiger partial charge in [-0.05, 0) is 12.8 Å². The first-order valence-electron chi connectivity index (χ1n) is 4.08. The largest absolute Gasteiger partial charge is 0.322 e. The van der Waals surface area contributed by atoms with Gasteiger partial charge in [0, 0.05) is 5.33 Å². The van der Waals surface area contributed by atoms with Crippen molar-refractivity contribution in [2.24, 2.45) is 5.73 Å². The molecule has 0 saturated carbocycles. The maximum absolute atomic E-state index is 10.1. The lowest BCUT2D eigenvalue weighted by Crippen LogP contribution is -2.20. The van der Waals surface area contributed by atoms with Gasteiger partial charge in [-0.2, -0.15) is 0 Å². The molecule has 0 saturated heterocycles. The number of carbonyl (C=O) groups is 1. The molecule has 11 heavy (non-hydrogen) atoms. The summed E-state index contributed by atoms with van der Waals surface area (Å²) in [7, 11) is 0. The molecule has 0 aromatic heterocycles. The topological polar surface area (TPSA) is 43.1 Å². The van der Waals surface area contributed by atoms with Crippen LogP contribution in [0.3, 0.4) is 0 Å². The molecule has 0 aromatic carbocycles. The highest BCUT2D eigenvalue weighted by molar-refractivity contribution is 9.09. The molecule has 0 heterocycles. The fraction of sp³-hybridized carbons (Fsp3) is 0.875. The first kappa shape index (κ1) is 11.1. The second-order valence-corrected chi connectivity index (χ2v) is 3.48. The summed E-state index contributed by atoms with van der Waals surface area (Å²) >= 11 is 3.36. The summed E-state index contributed by atoms with van der Waals surface area (Å²) < 4.78 is 0. The van der Waals surface area contributed by atoms with Crippen molar-refractivity contribution in [1.29, 1.82) is 0 Å². The maximum Gasteiger partial charge on any atom is 0.136 e. The van der Waals surface area contributed by atoms with Crippen LogP contribution in [0.4, 0.5) is 0 Å². The number of carbonyl (C=O) groups excluding carboxylic acids is 1. The average molecular weight is 222 g/mol. The number of halogens is 1. The minimum atomic E-state index is -0.237. The Morgan fingerprint density at radius 2 is 1.91 bits per heavy atom. The number of hydrogen-bond donors (Lipinski definition) is 1. The summed E-state index contributed by atoms with van der Waals surface area (Å²) in [5, 5.41) is 1.08. The Kier molecular flexibility index (Phi) is 8.29. The Hall–Kier alpha value is 0.110. The molecule has 2 nitrogen and oxygen atoms in total. The number of aldehydes is 1. The first-order valence-corrected chi connectivity index (χ1v) is 5.20. The Balaban J connectivity index is 2.95. The molecule has 0 radical (unpaired) electrons. The van der Waals surface area contributed by atoms with E-state index in [4.69, 9.17) is 5.73 Å². The molecule has 66 valence electrons. The van der Waals surface area contributed by atoms with Crippen molar-refractivity contribution < 1.29 is 4.79 Å². The molecule has 0 bridgehead atoms. The van der Waals surface area contributed by atoms with Crippen molar-refractivity contribution in [3.63, 3.8) is 0 Å². The van der Waals surface area contributed by atoms with Crippen LogP contribution in [-0.2, 0) is 4.79 Å². The summed E-state index contributed by atoms with van der Waals surface area (Å²) in [5.74, 6) is 0. The molecule has 0 aliphatic heterocycles. The Labute approximate surface area is 76.7 Å². The van der Waals surface area contributed by atoms with Crippen LogP contribution >= 0.6 is 15.9 Å². The molecule has 1 unspecified atom stereocenters. The third-order valence-electron chi connectivity index (χ3n) is 1.60. The van der Waals surface area contributed by atoms with Gasteiger partial charge in [-0.15, -0.1) is 0 Å². The van der Waals surface area contributed by atoms with E-state index in [0.29, 0.717) is 0 Å². The molecular formula is C8H16BrNO. The average Bonchev–Trinajstić information content (AvgIpc) is 2.04. The van der Waals surface area contributed by atoms with Crippen LogP contribution in [0.2, 0.25) is 0 Å². The van der Waals surface area contributed by atoms with Crippen LogP contribution in [0.5, 0.6) is 0 Å². The van der Waals surface area contributed by atoms with Gasteiger partial charge in [-0.25, -0.2) is 0 Å². The number of hydrogen-bond acceptors (Lipinski definition) is 2. The van der Waals surface area contributed by atoms with E-state index in [1.54, 1.807) is 0 Å². The zero-order valence-electron chi connectivity index (χ0n) is 6.76. The Bertz CT molecular complexity index is 98.1. The summed E-state index contributed by atoms with van der Waals surface area (Å²) in [6.45, 7) is 0. The monoisotopic (exact) mass is 221 g/mol. The third-order valence-corrected chi connectivity index (χ3v) is 2.16. The van der Waals surface area contributed by atoms with Crippen LogP contribution in [0, 0.1) is 0 Å². The van der Waals surface area contributed by atoms with Gasteiger partial charge in [0.05, 0.1) is 6.04 Å². The quantitative estimate of drug-likeness (QED) is 0.406. The van der Waals surface area contributed by atoms with Crippen molar-refractivity contribution >= 4 is 22.2 Å². The highest BCUT2D eigenvalue weighted by atomic mass is 79.9.